The molecule has 0 aromatic carbocycles. The fraction of sp³-hybridized carbons (Fsp3) is 0.882. The average molecular weight is 515 g/mol. The molecule has 6 atom stereocenters. The fourth-order valence-corrected chi connectivity index (χ4v) is 12.3. The zero-order chi connectivity index (χ0) is 26.6. The zero-order valence-corrected chi connectivity index (χ0v) is 26.8. The first-order valence-corrected chi connectivity index (χ1v) is 18.6. The lowest BCUT2D eigenvalue weighted by molar-refractivity contribution is 0.0704. The maximum Gasteiger partial charge on any atom is 0.192 e. The van der Waals surface area contributed by atoms with E-state index in [-0.39, 0.29) is 5.60 Å². The van der Waals surface area contributed by atoms with Gasteiger partial charge in [0.05, 0.1) is 5.60 Å². The second-order valence-electron chi connectivity index (χ2n) is 14.5. The Bertz CT molecular complexity index is 739. The summed E-state index contributed by atoms with van der Waals surface area (Å²) in [5.74, 6) is 4.30. The second-order valence-corrected chi connectivity index (χ2v) is 19.2. The molecule has 208 valence electrons. The molecule has 0 N–H and O–H groups in total. The third-order valence-corrected chi connectivity index (χ3v) is 16.0. The van der Waals surface area contributed by atoms with Crippen LogP contribution in [0, 0.1) is 35.0 Å². The lowest BCUT2D eigenvalue weighted by Gasteiger charge is -2.44. The molecule has 2 unspecified atom stereocenters. The quantitative estimate of drug-likeness (QED) is 0.249. The van der Waals surface area contributed by atoms with Crippen molar-refractivity contribution in [3.8, 4) is 0 Å². The third kappa shape index (κ3) is 7.19. The van der Waals surface area contributed by atoms with Gasteiger partial charge in [-0.15, -0.1) is 0 Å². The summed E-state index contributed by atoms with van der Waals surface area (Å²) in [7, 11) is -1.54. The van der Waals surface area contributed by atoms with E-state index in [4.69, 9.17) is 4.43 Å². The van der Waals surface area contributed by atoms with Crippen molar-refractivity contribution in [3.63, 3.8) is 0 Å². The summed E-state index contributed by atoms with van der Waals surface area (Å²) in [4.78, 5) is 0. The first kappa shape index (κ1) is 30.2. The fourth-order valence-electron chi connectivity index (χ4n) is 9.06. The normalized spacial score (nSPS) is 33.6. The average Bonchev–Trinajstić information content (AvgIpc) is 3.18. The minimum Gasteiger partial charge on any atom is -0.412 e. The van der Waals surface area contributed by atoms with Crippen LogP contribution in [0.25, 0.3) is 0 Å². The van der Waals surface area contributed by atoms with E-state index >= 15 is 0 Å². The highest BCUT2D eigenvalue weighted by Gasteiger charge is 2.50. The minimum atomic E-state index is -1.54. The topological polar surface area (TPSA) is 9.23 Å². The van der Waals surface area contributed by atoms with Crippen LogP contribution in [0.3, 0.4) is 0 Å². The molecule has 0 aromatic rings. The van der Waals surface area contributed by atoms with Crippen LogP contribution < -0.4 is 0 Å². The Morgan fingerprint density at radius 3 is 2.28 bits per heavy atom. The molecular weight excluding hydrogens is 452 g/mol. The van der Waals surface area contributed by atoms with Gasteiger partial charge in [-0.2, -0.15) is 0 Å². The van der Waals surface area contributed by atoms with E-state index in [1.54, 1.807) is 11.1 Å². The van der Waals surface area contributed by atoms with Crippen LogP contribution in [0.1, 0.15) is 133 Å². The Balaban J connectivity index is 1.59. The van der Waals surface area contributed by atoms with E-state index in [0.717, 1.165) is 29.6 Å². The number of rotatable bonds is 11. The Morgan fingerprint density at radius 2 is 1.67 bits per heavy atom. The van der Waals surface area contributed by atoms with Gasteiger partial charge in [-0.1, -0.05) is 84.6 Å². The summed E-state index contributed by atoms with van der Waals surface area (Å²) < 4.78 is 6.92. The predicted octanol–water partition coefficient (Wildman–Crippen LogP) is 11.1. The molecule has 36 heavy (non-hydrogen) atoms. The summed E-state index contributed by atoms with van der Waals surface area (Å²) in [5, 5.41) is 0. The van der Waals surface area contributed by atoms with Gasteiger partial charge in [0.15, 0.2) is 8.32 Å². The Hall–Kier alpha value is -0.343. The standard InChI is InChI=1S/C34H62OSi/c1-10-36(11-2,12-3)35-33(7,8)21-13-15-28(6)31-19-20-32-30(16-14-22-34(31,32)9)18-17-29-24-26(4)23-27(5)25-29/h17-18,26-28,31-32H,10-16,19-25H2,1-9H3/b30-18+/t26-,27-,28-,31?,32?,34+/m0/s1. The molecule has 3 saturated carbocycles. The SMILES string of the molecule is CC[Si](CC)(CC)OC(C)(C)CCC[C@H](C)C1CCC2/C(=C/C=C3C[C@@H](C)C[C@H](C)C3)CCC[C@@]21C. The van der Waals surface area contributed by atoms with Gasteiger partial charge in [0.1, 0.15) is 0 Å². The van der Waals surface area contributed by atoms with Crippen molar-refractivity contribution in [3.05, 3.63) is 23.3 Å². The van der Waals surface area contributed by atoms with Crippen molar-refractivity contribution in [1.82, 2.24) is 0 Å². The Kier molecular flexibility index (Phi) is 10.6. The molecule has 0 aliphatic heterocycles. The highest BCUT2D eigenvalue weighted by molar-refractivity contribution is 6.73. The number of hydrogen-bond acceptors (Lipinski definition) is 1. The molecule has 0 amide bonds. The smallest absolute Gasteiger partial charge is 0.192 e. The molecule has 0 heterocycles. The molecule has 3 rings (SSSR count). The van der Waals surface area contributed by atoms with Crippen LogP contribution in [0.2, 0.25) is 18.1 Å². The van der Waals surface area contributed by atoms with Crippen molar-refractivity contribution in [1.29, 1.82) is 0 Å². The van der Waals surface area contributed by atoms with Crippen LogP contribution in [-0.2, 0) is 4.43 Å². The zero-order valence-electron chi connectivity index (χ0n) is 25.8. The van der Waals surface area contributed by atoms with Gasteiger partial charge in [-0.3, -0.25) is 0 Å². The molecule has 0 bridgehead atoms. The second kappa shape index (κ2) is 12.7. The van der Waals surface area contributed by atoms with Crippen LogP contribution in [0.5, 0.6) is 0 Å². The maximum atomic E-state index is 6.92. The van der Waals surface area contributed by atoms with E-state index in [2.05, 4.69) is 74.5 Å². The largest absolute Gasteiger partial charge is 0.412 e. The highest BCUT2D eigenvalue weighted by Crippen LogP contribution is 2.60. The summed E-state index contributed by atoms with van der Waals surface area (Å²) in [6, 6.07) is 3.77. The maximum absolute atomic E-state index is 6.92. The summed E-state index contributed by atoms with van der Waals surface area (Å²) in [6.07, 6.45) is 20.2. The number of fused-ring (bicyclic) bond motifs is 1. The van der Waals surface area contributed by atoms with Gasteiger partial charge in [-0.05, 0) is 125 Å². The van der Waals surface area contributed by atoms with Crippen molar-refractivity contribution in [2.24, 2.45) is 35.0 Å². The minimum absolute atomic E-state index is 0.0401. The molecule has 0 radical (unpaired) electrons. The molecule has 2 heteroatoms. The molecule has 1 nitrogen and oxygen atoms in total. The molecule has 0 aromatic heterocycles. The lowest BCUT2D eigenvalue weighted by atomic mass is 9.60. The van der Waals surface area contributed by atoms with Crippen molar-refractivity contribution >= 4 is 8.32 Å². The van der Waals surface area contributed by atoms with E-state index in [9.17, 15) is 0 Å². The van der Waals surface area contributed by atoms with E-state index in [1.165, 1.54) is 88.8 Å². The van der Waals surface area contributed by atoms with Crippen LogP contribution in [-0.4, -0.2) is 13.9 Å². The van der Waals surface area contributed by atoms with Crippen LogP contribution >= 0.6 is 0 Å². The Morgan fingerprint density at radius 1 is 1.03 bits per heavy atom. The monoisotopic (exact) mass is 514 g/mol. The first-order valence-electron chi connectivity index (χ1n) is 16.1. The molecule has 0 spiro atoms. The van der Waals surface area contributed by atoms with Crippen molar-refractivity contribution in [2.45, 2.75) is 157 Å². The number of allylic oxidation sites excluding steroid dienone is 4. The molecule has 0 saturated heterocycles. The van der Waals surface area contributed by atoms with Gasteiger partial charge >= 0.3 is 0 Å². The lowest BCUT2D eigenvalue weighted by Crippen LogP contribution is -2.44. The van der Waals surface area contributed by atoms with E-state index < -0.39 is 8.32 Å². The van der Waals surface area contributed by atoms with Gasteiger partial charge in [-0.25, -0.2) is 0 Å². The Labute approximate surface area is 227 Å². The predicted molar refractivity (Wildman–Crippen MR) is 162 cm³/mol. The van der Waals surface area contributed by atoms with E-state index in [1.807, 2.05) is 0 Å². The summed E-state index contributed by atoms with van der Waals surface area (Å²) >= 11 is 0. The van der Waals surface area contributed by atoms with E-state index in [0.29, 0.717) is 5.41 Å². The molecular formula is C34H62OSi. The van der Waals surface area contributed by atoms with Crippen molar-refractivity contribution in [2.75, 3.05) is 0 Å². The van der Waals surface area contributed by atoms with Gasteiger partial charge in [0.2, 0.25) is 0 Å². The first-order chi connectivity index (χ1) is 17.0. The van der Waals surface area contributed by atoms with Gasteiger partial charge in [0.25, 0.3) is 0 Å². The molecule has 3 aliphatic rings. The van der Waals surface area contributed by atoms with Gasteiger partial charge in [0, 0.05) is 0 Å². The summed E-state index contributed by atoms with van der Waals surface area (Å²) in [6.45, 7) is 22.0. The molecule has 3 fully saturated rings. The van der Waals surface area contributed by atoms with Gasteiger partial charge < -0.3 is 4.43 Å². The van der Waals surface area contributed by atoms with Crippen LogP contribution in [0.4, 0.5) is 0 Å². The van der Waals surface area contributed by atoms with Crippen molar-refractivity contribution < 1.29 is 4.43 Å². The van der Waals surface area contributed by atoms with Crippen LogP contribution in [0.15, 0.2) is 23.3 Å². The highest BCUT2D eigenvalue weighted by atomic mass is 28.4. The third-order valence-electron chi connectivity index (χ3n) is 11.1. The molecule has 3 aliphatic carbocycles. The summed E-state index contributed by atoms with van der Waals surface area (Å²) in [5.41, 5.74) is 4.08. The number of hydrogen-bond donors (Lipinski definition) is 0.